The van der Waals surface area contributed by atoms with Crippen LogP contribution in [0.1, 0.15) is 0 Å². The summed E-state index contributed by atoms with van der Waals surface area (Å²) in [6.45, 7) is 0. The monoisotopic (exact) mass is 287 g/mol. The fourth-order valence-electron chi connectivity index (χ4n) is 3.20. The van der Waals surface area contributed by atoms with Gasteiger partial charge in [0.25, 0.3) is 0 Å². The Morgan fingerprint density at radius 3 is 2.24 bits per heavy atom. The average Bonchev–Trinajstić information content (AvgIpc) is 2.87. The highest BCUT2D eigenvalue weighted by Gasteiger charge is 2.15. The van der Waals surface area contributed by atoms with Crippen LogP contribution in [-0.4, -0.2) is 4.98 Å². The van der Waals surface area contributed by atoms with Crippen LogP contribution in [0.25, 0.3) is 41.8 Å². The van der Waals surface area contributed by atoms with E-state index in [-0.39, 0.29) is 5.43 Å². The molecule has 2 aromatic heterocycles. The molecule has 0 saturated heterocycles. The minimum Gasteiger partial charge on any atom is -0.289 e. The number of thiophene rings is 1. The largest absolute Gasteiger partial charge is 0.289 e. The zero-order valence-corrected chi connectivity index (χ0v) is 11.8. The molecule has 0 fully saturated rings. The Bertz CT molecular complexity index is 1210. The summed E-state index contributed by atoms with van der Waals surface area (Å²) in [5.41, 5.74) is 0.864. The van der Waals surface area contributed by atoms with Gasteiger partial charge in [-0.2, -0.15) is 0 Å². The Morgan fingerprint density at radius 2 is 1.43 bits per heavy atom. The maximum atomic E-state index is 12.9. The van der Waals surface area contributed by atoms with Crippen LogP contribution >= 0.6 is 11.3 Å². The molecule has 0 atom stereocenters. The minimum absolute atomic E-state index is 0.0691. The van der Waals surface area contributed by atoms with E-state index in [0.717, 1.165) is 26.4 Å². The number of hydrogen-bond acceptors (Lipinski definition) is 3. The van der Waals surface area contributed by atoms with Gasteiger partial charge in [-0.3, -0.25) is 9.78 Å². The molecule has 0 aliphatic rings. The molecular formula is C18H9NOS. The Hall–Kier alpha value is -2.52. The van der Waals surface area contributed by atoms with Crippen LogP contribution in [0.3, 0.4) is 0 Å². The third kappa shape index (κ3) is 1.31. The van der Waals surface area contributed by atoms with Crippen LogP contribution in [-0.2, 0) is 0 Å². The van der Waals surface area contributed by atoms with Gasteiger partial charge in [0.05, 0.1) is 5.52 Å². The number of benzene rings is 2. The standard InChI is InChI=1S/C18H9NOS/c20-18-11-5-2-8-14-16(11)15-10(4-1-7-13(15)21-14)17-12(18)6-3-9-19-17/h1-9H. The van der Waals surface area contributed by atoms with E-state index in [2.05, 4.69) is 23.2 Å². The molecule has 0 aliphatic carbocycles. The lowest BCUT2D eigenvalue weighted by molar-refractivity contribution is 1.43. The van der Waals surface area contributed by atoms with Crippen LogP contribution in [0, 0.1) is 0 Å². The van der Waals surface area contributed by atoms with Gasteiger partial charge in [-0.25, -0.2) is 0 Å². The fourth-order valence-corrected chi connectivity index (χ4v) is 4.36. The maximum absolute atomic E-state index is 12.9. The molecule has 98 valence electrons. The molecule has 0 spiro atoms. The number of aromatic nitrogens is 1. The summed E-state index contributed by atoms with van der Waals surface area (Å²) >= 11 is 1.74. The number of fused-ring (bicyclic) bond motifs is 2. The van der Waals surface area contributed by atoms with Crippen molar-refractivity contribution in [2.75, 3.05) is 0 Å². The predicted octanol–water partition coefficient (Wildman–Crippen LogP) is 4.55. The van der Waals surface area contributed by atoms with Crippen molar-refractivity contribution in [2.24, 2.45) is 0 Å². The zero-order valence-electron chi connectivity index (χ0n) is 11.0. The molecule has 2 nitrogen and oxygen atoms in total. The summed E-state index contributed by atoms with van der Waals surface area (Å²) < 4.78 is 2.37. The number of rotatable bonds is 0. The van der Waals surface area contributed by atoms with Gasteiger partial charge < -0.3 is 0 Å². The van der Waals surface area contributed by atoms with E-state index in [4.69, 9.17) is 0 Å². The van der Waals surface area contributed by atoms with Crippen LogP contribution in [0.2, 0.25) is 0 Å². The molecule has 5 rings (SSSR count). The van der Waals surface area contributed by atoms with Gasteiger partial charge in [0.1, 0.15) is 0 Å². The first-order chi connectivity index (χ1) is 10.3. The van der Waals surface area contributed by atoms with Gasteiger partial charge >= 0.3 is 0 Å². The summed E-state index contributed by atoms with van der Waals surface area (Å²) in [7, 11) is 0. The van der Waals surface area contributed by atoms with Gasteiger partial charge in [-0.1, -0.05) is 24.3 Å². The number of nitrogens with zero attached hydrogens (tertiary/aromatic N) is 1. The van der Waals surface area contributed by atoms with Crippen molar-refractivity contribution in [3.8, 4) is 0 Å². The van der Waals surface area contributed by atoms with Gasteiger partial charge in [0.2, 0.25) is 0 Å². The number of pyridine rings is 1. The minimum atomic E-state index is 0.0691. The topological polar surface area (TPSA) is 30.0 Å². The molecule has 0 radical (unpaired) electrons. The second kappa shape index (κ2) is 3.77. The molecule has 0 bridgehead atoms. The molecular weight excluding hydrogens is 278 g/mol. The van der Waals surface area contributed by atoms with Crippen molar-refractivity contribution in [3.05, 3.63) is 65.0 Å². The van der Waals surface area contributed by atoms with E-state index < -0.39 is 0 Å². The van der Waals surface area contributed by atoms with Crippen LogP contribution in [0.5, 0.6) is 0 Å². The summed E-state index contributed by atoms with van der Waals surface area (Å²) in [6.07, 6.45) is 1.75. The van der Waals surface area contributed by atoms with Crippen molar-refractivity contribution in [1.82, 2.24) is 4.98 Å². The van der Waals surface area contributed by atoms with Crippen molar-refractivity contribution < 1.29 is 0 Å². The summed E-state index contributed by atoms with van der Waals surface area (Å²) in [6, 6.07) is 15.9. The van der Waals surface area contributed by atoms with Crippen molar-refractivity contribution in [1.29, 1.82) is 0 Å². The highest BCUT2D eigenvalue weighted by Crippen LogP contribution is 2.40. The van der Waals surface area contributed by atoms with Crippen molar-refractivity contribution >= 4 is 53.2 Å². The summed E-state index contributed by atoms with van der Waals surface area (Å²) in [4.78, 5) is 17.4. The van der Waals surface area contributed by atoms with Crippen LogP contribution in [0.15, 0.2) is 59.5 Å². The van der Waals surface area contributed by atoms with Crippen molar-refractivity contribution in [3.63, 3.8) is 0 Å². The van der Waals surface area contributed by atoms with Gasteiger partial charge in [-0.15, -0.1) is 11.3 Å². The number of hydrogen-bond donors (Lipinski definition) is 0. The Kier molecular flexibility index (Phi) is 2.01. The smallest absolute Gasteiger partial charge is 0.195 e. The first-order valence-electron chi connectivity index (χ1n) is 6.79. The molecule has 0 saturated carbocycles. The molecule has 2 heterocycles. The molecule has 0 N–H and O–H groups in total. The summed E-state index contributed by atoms with van der Waals surface area (Å²) in [5.74, 6) is 0. The third-order valence-electron chi connectivity index (χ3n) is 4.07. The first kappa shape index (κ1) is 11.2. The van der Waals surface area contributed by atoms with Gasteiger partial charge in [0, 0.05) is 42.5 Å². The lowest BCUT2D eigenvalue weighted by Crippen LogP contribution is -1.98. The highest BCUT2D eigenvalue weighted by atomic mass is 32.1. The second-order valence-corrected chi connectivity index (χ2v) is 6.27. The molecule has 3 aromatic carbocycles. The van der Waals surface area contributed by atoms with Crippen LogP contribution < -0.4 is 5.43 Å². The van der Waals surface area contributed by atoms with Gasteiger partial charge in [0.15, 0.2) is 5.43 Å². The van der Waals surface area contributed by atoms with Crippen LogP contribution in [0.4, 0.5) is 0 Å². The fraction of sp³-hybridized carbons (Fsp3) is 0. The average molecular weight is 287 g/mol. The Balaban J connectivity index is 2.39. The normalized spacial score (nSPS) is 12.0. The lowest BCUT2D eigenvalue weighted by Gasteiger charge is -1.96. The zero-order chi connectivity index (χ0) is 14.0. The maximum Gasteiger partial charge on any atom is 0.195 e. The molecule has 5 aromatic rings. The van der Waals surface area contributed by atoms with E-state index in [1.807, 2.05) is 30.3 Å². The van der Waals surface area contributed by atoms with Gasteiger partial charge in [-0.05, 0) is 24.3 Å². The van der Waals surface area contributed by atoms with E-state index in [9.17, 15) is 4.79 Å². The molecule has 0 unspecified atom stereocenters. The molecule has 3 heteroatoms. The van der Waals surface area contributed by atoms with E-state index in [1.165, 1.54) is 10.1 Å². The van der Waals surface area contributed by atoms with E-state index in [1.54, 1.807) is 17.5 Å². The highest BCUT2D eigenvalue weighted by molar-refractivity contribution is 7.26. The summed E-state index contributed by atoms with van der Waals surface area (Å²) in [5, 5.41) is 4.79. The molecule has 0 amide bonds. The Labute approximate surface area is 123 Å². The first-order valence-corrected chi connectivity index (χ1v) is 7.60. The van der Waals surface area contributed by atoms with E-state index in [0.29, 0.717) is 5.39 Å². The Morgan fingerprint density at radius 1 is 0.762 bits per heavy atom. The lowest BCUT2D eigenvalue weighted by atomic mass is 10.1. The SMILES string of the molecule is O=c1c2cccnc2c2cccc3sc4cccc1c4c32. The van der Waals surface area contributed by atoms with E-state index >= 15 is 0 Å². The molecule has 0 aliphatic heterocycles. The second-order valence-electron chi connectivity index (χ2n) is 5.19. The molecule has 21 heavy (non-hydrogen) atoms. The predicted molar refractivity (Wildman–Crippen MR) is 89.6 cm³/mol. The third-order valence-corrected chi connectivity index (χ3v) is 5.19. The quantitative estimate of drug-likeness (QED) is 0.418. The van der Waals surface area contributed by atoms with Crippen molar-refractivity contribution in [2.45, 2.75) is 0 Å².